The molecule has 6 heteroatoms. The first kappa shape index (κ1) is 16.2. The summed E-state index contributed by atoms with van der Waals surface area (Å²) < 4.78 is 14.9. The second-order valence-corrected chi connectivity index (χ2v) is 5.39. The number of rotatable bonds is 6. The van der Waals surface area contributed by atoms with E-state index in [0.717, 1.165) is 6.08 Å². The van der Waals surface area contributed by atoms with Gasteiger partial charge in [-0.2, -0.15) is 0 Å². The van der Waals surface area contributed by atoms with Crippen LogP contribution in [0.2, 0.25) is 0 Å². The number of carbonyl (C=O) groups is 3. The predicted molar refractivity (Wildman–Crippen MR) is 69.6 cm³/mol. The number of esters is 3. The number of carbonyl (C=O) groups excluding carboxylic acids is 3. The Bertz CT molecular complexity index is 412. The third kappa shape index (κ3) is 4.36. The molecule has 0 N–H and O–H groups in total. The fourth-order valence-corrected chi connectivity index (χ4v) is 1.96. The molecular weight excluding hydrogens is 264 g/mol. The monoisotopic (exact) mass is 284 g/mol. The largest absolute Gasteiger partial charge is 0.463 e. The summed E-state index contributed by atoms with van der Waals surface area (Å²) in [5.74, 6) is -1.57. The van der Waals surface area contributed by atoms with E-state index in [2.05, 4.69) is 6.58 Å². The lowest BCUT2D eigenvalue weighted by Gasteiger charge is -2.26. The molecule has 20 heavy (non-hydrogen) atoms. The molecule has 2 unspecified atom stereocenters. The van der Waals surface area contributed by atoms with Crippen LogP contribution >= 0.6 is 0 Å². The zero-order valence-corrected chi connectivity index (χ0v) is 12.0. The van der Waals surface area contributed by atoms with Crippen LogP contribution in [-0.2, 0) is 28.6 Å². The minimum atomic E-state index is -0.871. The highest BCUT2D eigenvalue weighted by Gasteiger charge is 2.37. The second-order valence-electron chi connectivity index (χ2n) is 5.39. The maximum atomic E-state index is 12.1. The van der Waals surface area contributed by atoms with Gasteiger partial charge in [-0.15, -0.1) is 0 Å². The highest BCUT2D eigenvalue weighted by atomic mass is 16.6. The molecule has 1 aliphatic heterocycles. The van der Waals surface area contributed by atoms with Crippen molar-refractivity contribution in [2.45, 2.75) is 45.8 Å². The fraction of sp³-hybridized carbons (Fsp3) is 0.643. The van der Waals surface area contributed by atoms with E-state index in [4.69, 9.17) is 14.2 Å². The van der Waals surface area contributed by atoms with Gasteiger partial charge in [0.1, 0.15) is 6.10 Å². The van der Waals surface area contributed by atoms with Crippen LogP contribution in [0, 0.1) is 5.41 Å². The average Bonchev–Trinajstić information content (AvgIpc) is 2.74. The van der Waals surface area contributed by atoms with Crippen LogP contribution in [-0.4, -0.2) is 36.7 Å². The lowest BCUT2D eigenvalue weighted by molar-refractivity contribution is -0.169. The Morgan fingerprint density at radius 3 is 2.70 bits per heavy atom. The van der Waals surface area contributed by atoms with Crippen LogP contribution in [0.4, 0.5) is 0 Å². The molecule has 0 saturated carbocycles. The fourth-order valence-electron chi connectivity index (χ4n) is 1.96. The van der Waals surface area contributed by atoms with Gasteiger partial charge in [0.15, 0.2) is 0 Å². The highest BCUT2D eigenvalue weighted by molar-refractivity contribution is 5.83. The first-order chi connectivity index (χ1) is 9.26. The highest BCUT2D eigenvalue weighted by Crippen LogP contribution is 2.27. The van der Waals surface area contributed by atoms with E-state index < -0.39 is 35.5 Å². The first-order valence-electron chi connectivity index (χ1n) is 6.47. The van der Waals surface area contributed by atoms with E-state index in [1.807, 2.05) is 0 Å². The predicted octanol–water partition coefficient (Wildman–Crippen LogP) is 1.38. The van der Waals surface area contributed by atoms with E-state index in [9.17, 15) is 14.4 Å². The van der Waals surface area contributed by atoms with Gasteiger partial charge in [-0.1, -0.05) is 6.58 Å². The van der Waals surface area contributed by atoms with E-state index >= 15 is 0 Å². The molecule has 1 heterocycles. The van der Waals surface area contributed by atoms with Crippen LogP contribution in [0.5, 0.6) is 0 Å². The van der Waals surface area contributed by atoms with Crippen LogP contribution in [0.25, 0.3) is 0 Å². The molecule has 2 atom stereocenters. The first-order valence-corrected chi connectivity index (χ1v) is 6.47. The number of hydrogen-bond donors (Lipinski definition) is 0. The van der Waals surface area contributed by atoms with E-state index in [-0.39, 0.29) is 13.0 Å². The molecule has 0 amide bonds. The Morgan fingerprint density at radius 1 is 1.55 bits per heavy atom. The van der Waals surface area contributed by atoms with Crippen molar-refractivity contribution in [2.24, 2.45) is 5.41 Å². The third-order valence-electron chi connectivity index (χ3n) is 2.97. The number of ether oxygens (including phenoxy) is 3. The zero-order chi connectivity index (χ0) is 15.3. The molecule has 0 spiro atoms. The summed E-state index contributed by atoms with van der Waals surface area (Å²) in [6, 6.07) is 0. The molecule has 0 aromatic heterocycles. The summed E-state index contributed by atoms with van der Waals surface area (Å²) in [7, 11) is 0. The quantitative estimate of drug-likeness (QED) is 0.416. The maximum absolute atomic E-state index is 12.1. The SMILES string of the molecule is C=CC(=O)OC(C)CC(C)(C)C(=O)OC1CCOC1=O. The van der Waals surface area contributed by atoms with Gasteiger partial charge >= 0.3 is 17.9 Å². The molecule has 1 rings (SSSR count). The Hall–Kier alpha value is -1.85. The van der Waals surface area contributed by atoms with E-state index in [1.54, 1.807) is 20.8 Å². The molecule has 6 nitrogen and oxygen atoms in total. The molecule has 1 aliphatic rings. The second kappa shape index (κ2) is 6.54. The van der Waals surface area contributed by atoms with Gasteiger partial charge in [0.2, 0.25) is 6.10 Å². The molecule has 1 fully saturated rings. The Kier molecular flexibility index (Phi) is 5.30. The van der Waals surface area contributed by atoms with E-state index in [0.29, 0.717) is 6.42 Å². The van der Waals surface area contributed by atoms with Crippen LogP contribution in [0.1, 0.15) is 33.6 Å². The Labute approximate surface area is 118 Å². The molecule has 0 aromatic rings. The van der Waals surface area contributed by atoms with Gasteiger partial charge in [-0.05, 0) is 27.2 Å². The van der Waals surface area contributed by atoms with Gasteiger partial charge in [0.05, 0.1) is 12.0 Å². The zero-order valence-electron chi connectivity index (χ0n) is 12.0. The van der Waals surface area contributed by atoms with Gasteiger partial charge in [0, 0.05) is 12.5 Å². The topological polar surface area (TPSA) is 78.9 Å². The maximum Gasteiger partial charge on any atom is 0.347 e. The lowest BCUT2D eigenvalue weighted by Crippen LogP contribution is -2.35. The third-order valence-corrected chi connectivity index (χ3v) is 2.97. The Balaban J connectivity index is 2.53. The molecule has 0 aromatic carbocycles. The summed E-state index contributed by atoms with van der Waals surface area (Å²) >= 11 is 0. The van der Waals surface area contributed by atoms with Crippen molar-refractivity contribution < 1.29 is 28.6 Å². The number of cyclic esters (lactones) is 1. The van der Waals surface area contributed by atoms with Crippen molar-refractivity contribution in [1.29, 1.82) is 0 Å². The number of hydrogen-bond acceptors (Lipinski definition) is 6. The van der Waals surface area contributed by atoms with Crippen molar-refractivity contribution in [3.8, 4) is 0 Å². The van der Waals surface area contributed by atoms with Crippen molar-refractivity contribution >= 4 is 17.9 Å². The minimum Gasteiger partial charge on any atom is -0.463 e. The van der Waals surface area contributed by atoms with Gasteiger partial charge < -0.3 is 14.2 Å². The summed E-state index contributed by atoms with van der Waals surface area (Å²) in [6.45, 7) is 8.60. The van der Waals surface area contributed by atoms with Crippen LogP contribution < -0.4 is 0 Å². The van der Waals surface area contributed by atoms with Crippen LogP contribution in [0.3, 0.4) is 0 Å². The van der Waals surface area contributed by atoms with Gasteiger partial charge in [-0.25, -0.2) is 9.59 Å². The molecule has 1 saturated heterocycles. The van der Waals surface area contributed by atoms with Gasteiger partial charge in [-0.3, -0.25) is 4.79 Å². The van der Waals surface area contributed by atoms with Crippen LogP contribution in [0.15, 0.2) is 12.7 Å². The standard InChI is InChI=1S/C14H20O6/c1-5-11(15)19-9(2)8-14(3,4)13(17)20-10-6-7-18-12(10)16/h5,9-10H,1,6-8H2,2-4H3. The summed E-state index contributed by atoms with van der Waals surface area (Å²) in [4.78, 5) is 34.4. The van der Waals surface area contributed by atoms with Gasteiger partial charge in [0.25, 0.3) is 0 Å². The Morgan fingerprint density at radius 2 is 2.20 bits per heavy atom. The van der Waals surface area contributed by atoms with Crippen molar-refractivity contribution in [2.75, 3.05) is 6.61 Å². The normalized spacial score (nSPS) is 19.9. The minimum absolute atomic E-state index is 0.268. The summed E-state index contributed by atoms with van der Waals surface area (Å²) in [5.41, 5.74) is -0.871. The molecule has 112 valence electrons. The van der Waals surface area contributed by atoms with E-state index in [1.165, 1.54) is 0 Å². The summed E-state index contributed by atoms with van der Waals surface area (Å²) in [5, 5.41) is 0. The molecule has 0 radical (unpaired) electrons. The lowest BCUT2D eigenvalue weighted by atomic mass is 9.87. The molecular formula is C14H20O6. The smallest absolute Gasteiger partial charge is 0.347 e. The molecule has 0 bridgehead atoms. The summed E-state index contributed by atoms with van der Waals surface area (Å²) in [6.07, 6.45) is 0.442. The van der Waals surface area contributed by atoms with Crippen molar-refractivity contribution in [3.05, 3.63) is 12.7 Å². The van der Waals surface area contributed by atoms with Crippen molar-refractivity contribution in [3.63, 3.8) is 0 Å². The van der Waals surface area contributed by atoms with Crippen molar-refractivity contribution in [1.82, 2.24) is 0 Å². The average molecular weight is 284 g/mol. The molecule has 0 aliphatic carbocycles.